The number of rotatable bonds is 5. The number of hydrogen-bond acceptors (Lipinski definition) is 7. The van der Waals surface area contributed by atoms with Gasteiger partial charge >= 0.3 is 27.6 Å². The minimum Gasteiger partial charge on any atom is -0.465 e. The van der Waals surface area contributed by atoms with Crippen molar-refractivity contribution in [1.29, 1.82) is 0 Å². The number of benzene rings is 2. The molecule has 1 fully saturated rings. The second-order valence-corrected chi connectivity index (χ2v) is 10.0. The number of carbonyl (C=O) groups excluding carboxylic acids is 2. The van der Waals surface area contributed by atoms with Gasteiger partial charge in [-0.05, 0) is 54.7 Å². The third-order valence-electron chi connectivity index (χ3n) is 5.30. The highest BCUT2D eigenvalue weighted by molar-refractivity contribution is 7.88. The second kappa shape index (κ2) is 12.6. The van der Waals surface area contributed by atoms with Crippen molar-refractivity contribution in [3.8, 4) is 5.75 Å². The maximum Gasteiger partial charge on any atom is 0.534 e. The van der Waals surface area contributed by atoms with Gasteiger partial charge in [0, 0.05) is 5.02 Å². The molecule has 0 aliphatic heterocycles. The zero-order chi connectivity index (χ0) is 27.1. The van der Waals surface area contributed by atoms with Gasteiger partial charge in [0.1, 0.15) is 0 Å². The first kappa shape index (κ1) is 29.7. The minimum absolute atomic E-state index is 0.0655. The molecule has 0 amide bonds. The third-order valence-corrected chi connectivity index (χ3v) is 6.89. The van der Waals surface area contributed by atoms with E-state index in [1.165, 1.54) is 44.8 Å². The summed E-state index contributed by atoms with van der Waals surface area (Å²) in [6.45, 7) is 0. The zero-order valence-corrected chi connectivity index (χ0v) is 21.6. The van der Waals surface area contributed by atoms with Crippen molar-refractivity contribution >= 4 is 45.3 Å². The predicted octanol–water partition coefficient (Wildman–Crippen LogP) is 6.53. The van der Waals surface area contributed by atoms with Crippen molar-refractivity contribution < 1.29 is 44.8 Å². The smallest absolute Gasteiger partial charge is 0.465 e. The van der Waals surface area contributed by atoms with E-state index in [1.54, 1.807) is 6.07 Å². The van der Waals surface area contributed by atoms with Gasteiger partial charge < -0.3 is 13.7 Å². The first-order valence-corrected chi connectivity index (χ1v) is 12.7. The van der Waals surface area contributed by atoms with Crippen LogP contribution in [0, 0.1) is 0 Å². The fraction of sp³-hybridized carbons (Fsp3) is 0.391. The van der Waals surface area contributed by atoms with Crippen LogP contribution >= 0.6 is 23.2 Å². The molecule has 1 saturated carbocycles. The maximum atomic E-state index is 12.1. The molecule has 2 aromatic rings. The van der Waals surface area contributed by atoms with Crippen molar-refractivity contribution in [3.05, 3.63) is 63.1 Å². The highest BCUT2D eigenvalue weighted by Gasteiger charge is 2.48. The lowest BCUT2D eigenvalue weighted by molar-refractivity contribution is -0.0500. The fourth-order valence-electron chi connectivity index (χ4n) is 3.50. The Morgan fingerprint density at radius 3 is 1.81 bits per heavy atom. The Morgan fingerprint density at radius 1 is 0.861 bits per heavy atom. The summed E-state index contributed by atoms with van der Waals surface area (Å²) in [4.78, 5) is 22.5. The Hall–Kier alpha value is -2.50. The number of ether oxygens (including phenoxy) is 2. The van der Waals surface area contributed by atoms with Gasteiger partial charge in [-0.2, -0.15) is 21.6 Å². The van der Waals surface area contributed by atoms with E-state index in [-0.39, 0.29) is 11.5 Å². The average molecular weight is 571 g/mol. The molecule has 13 heteroatoms. The number of methoxy groups -OCH3 is 2. The molecule has 3 rings (SSSR count). The number of carbonyl (C=O) groups is 2. The van der Waals surface area contributed by atoms with Crippen LogP contribution < -0.4 is 4.18 Å². The lowest BCUT2D eigenvalue weighted by Gasteiger charge is -2.23. The lowest BCUT2D eigenvalue weighted by atomic mass is 9.84. The Morgan fingerprint density at radius 2 is 1.36 bits per heavy atom. The quantitative estimate of drug-likeness (QED) is 0.229. The Balaban J connectivity index is 0.000000255. The summed E-state index contributed by atoms with van der Waals surface area (Å²) in [5, 5.41) is 0.218. The summed E-state index contributed by atoms with van der Waals surface area (Å²) in [6, 6.07) is 8.26. The molecule has 2 aromatic carbocycles. The Bertz CT molecular complexity index is 1190. The molecule has 0 unspecified atom stereocenters. The molecule has 0 saturated heterocycles. The normalized spacial score (nSPS) is 14.3. The summed E-state index contributed by atoms with van der Waals surface area (Å²) >= 11 is 11.8. The van der Waals surface area contributed by atoms with Crippen LogP contribution in [0.1, 0.15) is 64.3 Å². The molecule has 0 atom stereocenters. The van der Waals surface area contributed by atoms with Crippen molar-refractivity contribution in [2.24, 2.45) is 0 Å². The number of alkyl halides is 3. The van der Waals surface area contributed by atoms with Crippen LogP contribution in [0.4, 0.5) is 13.2 Å². The van der Waals surface area contributed by atoms with E-state index in [1.807, 2.05) is 12.1 Å². The van der Waals surface area contributed by atoms with Gasteiger partial charge in [0.15, 0.2) is 5.75 Å². The van der Waals surface area contributed by atoms with Gasteiger partial charge in [0.2, 0.25) is 0 Å². The molecule has 36 heavy (non-hydrogen) atoms. The van der Waals surface area contributed by atoms with E-state index in [2.05, 4.69) is 13.7 Å². The van der Waals surface area contributed by atoms with Crippen LogP contribution in [0.25, 0.3) is 0 Å². The van der Waals surface area contributed by atoms with E-state index in [0.29, 0.717) is 16.5 Å². The van der Waals surface area contributed by atoms with Gasteiger partial charge in [0.05, 0.1) is 30.4 Å². The summed E-state index contributed by atoms with van der Waals surface area (Å²) < 4.78 is 70.6. The zero-order valence-electron chi connectivity index (χ0n) is 19.2. The van der Waals surface area contributed by atoms with Gasteiger partial charge in [-0.3, -0.25) is 0 Å². The predicted molar refractivity (Wildman–Crippen MR) is 127 cm³/mol. The minimum atomic E-state index is -5.81. The molecule has 0 radical (unpaired) electrons. The average Bonchev–Trinajstić information content (AvgIpc) is 2.84. The molecule has 0 N–H and O–H groups in total. The topological polar surface area (TPSA) is 96.0 Å². The molecule has 1 aliphatic carbocycles. The van der Waals surface area contributed by atoms with Gasteiger partial charge in [-0.1, -0.05) is 48.5 Å². The molecule has 0 aromatic heterocycles. The number of hydrogen-bond donors (Lipinski definition) is 0. The Kier molecular flexibility index (Phi) is 10.4. The van der Waals surface area contributed by atoms with Crippen LogP contribution in [0.3, 0.4) is 0 Å². The standard InChI is InChI=1S/C14H17ClO2.C9H6ClF3O5S/c1-17-14(16)11-7-8-12(13(15)9-11)10-5-3-2-4-6-10;1-17-8(14)5-2-3-7(6(10)4-5)18-19(15,16)9(11,12)13/h7-10H,2-6H2,1H3;2-4H,1H3. The summed E-state index contributed by atoms with van der Waals surface area (Å²) in [5.74, 6) is -1.30. The fourth-order valence-corrected chi connectivity index (χ4v) is 4.57. The molecule has 1 aliphatic rings. The van der Waals surface area contributed by atoms with Crippen LogP contribution in [0.2, 0.25) is 10.0 Å². The van der Waals surface area contributed by atoms with Crippen LogP contribution in [-0.4, -0.2) is 40.1 Å². The lowest BCUT2D eigenvalue weighted by Crippen LogP contribution is -2.28. The van der Waals surface area contributed by atoms with Crippen molar-refractivity contribution in [2.75, 3.05) is 14.2 Å². The third kappa shape index (κ3) is 7.75. The largest absolute Gasteiger partial charge is 0.534 e. The van der Waals surface area contributed by atoms with Crippen LogP contribution in [0.5, 0.6) is 5.75 Å². The van der Waals surface area contributed by atoms with Crippen molar-refractivity contribution in [3.63, 3.8) is 0 Å². The maximum absolute atomic E-state index is 12.1. The molecule has 0 heterocycles. The van der Waals surface area contributed by atoms with E-state index in [4.69, 9.17) is 23.2 Å². The van der Waals surface area contributed by atoms with Gasteiger partial charge in [0.25, 0.3) is 0 Å². The summed E-state index contributed by atoms with van der Waals surface area (Å²) in [6.07, 6.45) is 6.29. The summed E-state index contributed by atoms with van der Waals surface area (Å²) in [7, 11) is -3.34. The van der Waals surface area contributed by atoms with Crippen molar-refractivity contribution in [1.82, 2.24) is 0 Å². The first-order valence-electron chi connectivity index (χ1n) is 10.6. The monoisotopic (exact) mass is 570 g/mol. The molecule has 7 nitrogen and oxygen atoms in total. The van der Waals surface area contributed by atoms with Gasteiger partial charge in [-0.15, -0.1) is 0 Å². The molecular weight excluding hydrogens is 548 g/mol. The molecular formula is C23H23Cl2F3O7S. The van der Waals surface area contributed by atoms with Gasteiger partial charge in [-0.25, -0.2) is 9.59 Å². The molecule has 0 spiro atoms. The SMILES string of the molecule is COC(=O)c1ccc(C2CCCCC2)c(Cl)c1.COC(=O)c1ccc(OS(=O)(=O)C(F)(F)F)c(Cl)c1. The van der Waals surface area contributed by atoms with Crippen molar-refractivity contribution in [2.45, 2.75) is 43.5 Å². The Labute approximate surface area is 216 Å². The molecule has 198 valence electrons. The van der Waals surface area contributed by atoms with E-state index < -0.39 is 32.4 Å². The van der Waals surface area contributed by atoms with E-state index >= 15 is 0 Å². The number of esters is 2. The summed E-state index contributed by atoms with van der Waals surface area (Å²) in [5.41, 5.74) is -3.93. The second-order valence-electron chi connectivity index (χ2n) is 7.68. The highest BCUT2D eigenvalue weighted by Crippen LogP contribution is 2.36. The van der Waals surface area contributed by atoms with Crippen LogP contribution in [-0.2, 0) is 19.6 Å². The van der Waals surface area contributed by atoms with Crippen LogP contribution in [0.15, 0.2) is 36.4 Å². The highest BCUT2D eigenvalue weighted by atomic mass is 35.5. The van der Waals surface area contributed by atoms with E-state index in [9.17, 15) is 31.2 Å². The van der Waals surface area contributed by atoms with E-state index in [0.717, 1.165) is 25.3 Å². The first-order chi connectivity index (χ1) is 16.8. The number of halogens is 5. The molecule has 0 bridgehead atoms.